The minimum Gasteiger partial charge on any atom is -0.294 e. The van der Waals surface area contributed by atoms with Gasteiger partial charge in [0.1, 0.15) is 0 Å². The van der Waals surface area contributed by atoms with Crippen LogP contribution in [0, 0.1) is 0 Å². The van der Waals surface area contributed by atoms with Crippen molar-refractivity contribution in [2.75, 3.05) is 0 Å². The van der Waals surface area contributed by atoms with Gasteiger partial charge in [-0.25, -0.2) is 0 Å². The minimum atomic E-state index is -4.32. The van der Waals surface area contributed by atoms with Crippen molar-refractivity contribution in [1.29, 1.82) is 0 Å². The molecule has 20 heavy (non-hydrogen) atoms. The molecule has 102 valence electrons. The van der Waals surface area contributed by atoms with Crippen molar-refractivity contribution in [3.63, 3.8) is 0 Å². The van der Waals surface area contributed by atoms with Crippen LogP contribution in [0.5, 0.6) is 0 Å². The van der Waals surface area contributed by atoms with Gasteiger partial charge in [-0.05, 0) is 35.2 Å². The number of fused-ring (bicyclic) bond motifs is 1. The van der Waals surface area contributed by atoms with E-state index in [9.17, 15) is 18.0 Å². The monoisotopic (exact) mass is 276 g/mol. The third kappa shape index (κ3) is 2.22. The van der Waals surface area contributed by atoms with Crippen LogP contribution < -0.4 is 0 Å². The number of Topliss-reactive ketones (excluding diaryl/α,β-unsaturated/α-hetero) is 1. The summed E-state index contributed by atoms with van der Waals surface area (Å²) in [6, 6.07) is 10.5. The number of hydrogen-bond donors (Lipinski definition) is 0. The molecule has 0 N–H and O–H groups in total. The van der Waals surface area contributed by atoms with Crippen LogP contribution in [0.1, 0.15) is 27.9 Å². The quantitative estimate of drug-likeness (QED) is 0.749. The second kappa shape index (κ2) is 4.47. The van der Waals surface area contributed by atoms with E-state index >= 15 is 0 Å². The van der Waals surface area contributed by atoms with E-state index in [0.29, 0.717) is 12.8 Å². The summed E-state index contributed by atoms with van der Waals surface area (Å²) in [4.78, 5) is 11.5. The smallest absolute Gasteiger partial charge is 0.294 e. The molecule has 1 aliphatic carbocycles. The van der Waals surface area contributed by atoms with E-state index in [4.69, 9.17) is 0 Å². The highest BCUT2D eigenvalue weighted by Gasteiger charge is 2.30. The fourth-order valence-electron chi connectivity index (χ4n) is 2.49. The number of carbonyl (C=O) groups is 1. The van der Waals surface area contributed by atoms with Crippen molar-refractivity contribution in [2.45, 2.75) is 19.0 Å². The Hall–Kier alpha value is -2.10. The number of hydrogen-bond acceptors (Lipinski definition) is 1. The molecular formula is C16H11F3O. The lowest BCUT2D eigenvalue weighted by Crippen LogP contribution is -2.04. The summed E-state index contributed by atoms with van der Waals surface area (Å²) in [5.74, 6) is 0.138. The maximum atomic E-state index is 12.5. The molecule has 0 heterocycles. The van der Waals surface area contributed by atoms with Gasteiger partial charge in [0, 0.05) is 12.0 Å². The van der Waals surface area contributed by atoms with Crippen LogP contribution in [0.2, 0.25) is 0 Å². The Morgan fingerprint density at radius 1 is 0.850 bits per heavy atom. The van der Waals surface area contributed by atoms with E-state index in [1.807, 2.05) is 6.07 Å². The number of benzene rings is 2. The first-order valence-electron chi connectivity index (χ1n) is 6.29. The molecule has 2 aromatic carbocycles. The SMILES string of the molecule is O=C1CCc2cc(-c3ccc(C(F)(F)F)cc3)ccc21. The Labute approximate surface area is 114 Å². The van der Waals surface area contributed by atoms with Gasteiger partial charge in [-0.3, -0.25) is 4.79 Å². The van der Waals surface area contributed by atoms with Crippen molar-refractivity contribution in [2.24, 2.45) is 0 Å². The zero-order valence-electron chi connectivity index (χ0n) is 10.5. The highest BCUT2D eigenvalue weighted by atomic mass is 19.4. The maximum Gasteiger partial charge on any atom is 0.416 e. The van der Waals surface area contributed by atoms with Crippen molar-refractivity contribution in [1.82, 2.24) is 0 Å². The third-order valence-electron chi connectivity index (χ3n) is 3.57. The number of ketones is 1. The van der Waals surface area contributed by atoms with Gasteiger partial charge in [0.15, 0.2) is 5.78 Å². The first-order valence-corrected chi connectivity index (χ1v) is 6.29. The zero-order valence-corrected chi connectivity index (χ0v) is 10.5. The van der Waals surface area contributed by atoms with E-state index in [-0.39, 0.29) is 5.78 Å². The maximum absolute atomic E-state index is 12.5. The van der Waals surface area contributed by atoms with Crippen LogP contribution in [-0.2, 0) is 12.6 Å². The molecule has 2 aromatic rings. The van der Waals surface area contributed by atoms with Gasteiger partial charge in [0.2, 0.25) is 0 Å². The van der Waals surface area contributed by atoms with Crippen molar-refractivity contribution >= 4 is 5.78 Å². The van der Waals surface area contributed by atoms with E-state index < -0.39 is 11.7 Å². The van der Waals surface area contributed by atoms with Gasteiger partial charge in [-0.1, -0.05) is 30.3 Å². The molecular weight excluding hydrogens is 265 g/mol. The summed E-state index contributed by atoms with van der Waals surface area (Å²) in [6.07, 6.45) is -3.09. The van der Waals surface area contributed by atoms with E-state index in [0.717, 1.165) is 34.4 Å². The number of rotatable bonds is 1. The lowest BCUT2D eigenvalue weighted by atomic mass is 9.99. The van der Waals surface area contributed by atoms with Crippen LogP contribution in [0.15, 0.2) is 42.5 Å². The standard InChI is InChI=1S/C16H11F3O/c17-16(18,19)13-5-1-10(2-6-13)11-3-7-14-12(9-11)4-8-15(14)20/h1-3,5-7,9H,4,8H2. The molecule has 0 unspecified atom stereocenters. The zero-order chi connectivity index (χ0) is 14.3. The van der Waals surface area contributed by atoms with Gasteiger partial charge < -0.3 is 0 Å². The van der Waals surface area contributed by atoms with Gasteiger partial charge in [-0.15, -0.1) is 0 Å². The van der Waals surface area contributed by atoms with Gasteiger partial charge in [-0.2, -0.15) is 13.2 Å². The van der Waals surface area contributed by atoms with Crippen LogP contribution in [0.25, 0.3) is 11.1 Å². The lowest BCUT2D eigenvalue weighted by Gasteiger charge is -2.08. The van der Waals surface area contributed by atoms with E-state index in [2.05, 4.69) is 0 Å². The molecule has 1 aliphatic rings. The van der Waals surface area contributed by atoms with E-state index in [1.165, 1.54) is 12.1 Å². The summed E-state index contributed by atoms with van der Waals surface area (Å²) >= 11 is 0. The van der Waals surface area contributed by atoms with Crippen molar-refractivity contribution in [3.05, 3.63) is 59.2 Å². The summed E-state index contributed by atoms with van der Waals surface area (Å²) in [7, 11) is 0. The molecule has 0 amide bonds. The lowest BCUT2D eigenvalue weighted by molar-refractivity contribution is -0.137. The average Bonchev–Trinajstić information content (AvgIpc) is 2.79. The highest BCUT2D eigenvalue weighted by molar-refractivity contribution is 6.00. The molecule has 0 radical (unpaired) electrons. The van der Waals surface area contributed by atoms with Gasteiger partial charge >= 0.3 is 6.18 Å². The first-order chi connectivity index (χ1) is 9.45. The number of aryl methyl sites for hydroxylation is 1. The van der Waals surface area contributed by atoms with Crippen molar-refractivity contribution in [3.8, 4) is 11.1 Å². The van der Waals surface area contributed by atoms with Crippen LogP contribution in [0.3, 0.4) is 0 Å². The summed E-state index contributed by atoms with van der Waals surface area (Å²) in [6.45, 7) is 0. The highest BCUT2D eigenvalue weighted by Crippen LogP contribution is 2.32. The average molecular weight is 276 g/mol. The Bertz CT molecular complexity index is 669. The Balaban J connectivity index is 1.96. The van der Waals surface area contributed by atoms with E-state index in [1.54, 1.807) is 12.1 Å². The molecule has 0 aromatic heterocycles. The number of alkyl halides is 3. The molecule has 0 atom stereocenters. The molecule has 0 saturated carbocycles. The fraction of sp³-hybridized carbons (Fsp3) is 0.188. The third-order valence-corrected chi connectivity index (χ3v) is 3.57. The largest absolute Gasteiger partial charge is 0.416 e. The molecule has 1 nitrogen and oxygen atoms in total. The molecule has 0 saturated heterocycles. The molecule has 3 rings (SSSR count). The normalized spacial score (nSPS) is 14.4. The van der Waals surface area contributed by atoms with Crippen LogP contribution in [-0.4, -0.2) is 5.78 Å². The summed E-state index contributed by atoms with van der Waals surface area (Å²) in [5.41, 5.74) is 2.62. The number of carbonyl (C=O) groups excluding carboxylic acids is 1. The topological polar surface area (TPSA) is 17.1 Å². The Morgan fingerprint density at radius 3 is 2.15 bits per heavy atom. The Kier molecular flexibility index (Phi) is 2.89. The molecule has 0 fully saturated rings. The van der Waals surface area contributed by atoms with Gasteiger partial charge in [0.05, 0.1) is 5.56 Å². The number of halogens is 3. The summed E-state index contributed by atoms with van der Waals surface area (Å²) < 4.78 is 37.5. The van der Waals surface area contributed by atoms with Crippen LogP contribution >= 0.6 is 0 Å². The summed E-state index contributed by atoms with van der Waals surface area (Å²) in [5, 5.41) is 0. The predicted molar refractivity (Wildman–Crippen MR) is 69.5 cm³/mol. The van der Waals surface area contributed by atoms with Crippen LogP contribution in [0.4, 0.5) is 13.2 Å². The first kappa shape index (κ1) is 12.9. The molecule has 0 bridgehead atoms. The second-order valence-electron chi connectivity index (χ2n) is 4.87. The van der Waals surface area contributed by atoms with Gasteiger partial charge in [0.25, 0.3) is 0 Å². The molecule has 0 spiro atoms. The van der Waals surface area contributed by atoms with Crippen molar-refractivity contribution < 1.29 is 18.0 Å². The molecule has 4 heteroatoms. The Morgan fingerprint density at radius 2 is 1.50 bits per heavy atom. The second-order valence-corrected chi connectivity index (χ2v) is 4.87. The fourth-order valence-corrected chi connectivity index (χ4v) is 2.49. The minimum absolute atomic E-state index is 0.138. The molecule has 0 aliphatic heterocycles. The predicted octanol–water partition coefficient (Wildman–Crippen LogP) is 4.50.